The fourth-order valence-corrected chi connectivity index (χ4v) is 3.63. The molecule has 0 aromatic heterocycles. The van der Waals surface area contributed by atoms with E-state index in [0.717, 1.165) is 17.6 Å². The minimum absolute atomic E-state index is 0.722. The molecule has 2 aromatic rings. The summed E-state index contributed by atoms with van der Waals surface area (Å²) < 4.78 is 0. The molecule has 1 nitrogen and oxygen atoms in total. The zero-order valence-electron chi connectivity index (χ0n) is 12.4. The number of halogens is 1. The number of benzene rings is 2. The van der Waals surface area contributed by atoms with E-state index in [9.17, 15) is 0 Å². The summed E-state index contributed by atoms with van der Waals surface area (Å²) in [5.41, 5.74) is 3.95. The Morgan fingerprint density at radius 3 is 2.62 bits per heavy atom. The second-order valence-corrected chi connectivity index (χ2v) is 7.30. The van der Waals surface area contributed by atoms with Gasteiger partial charge in [0.2, 0.25) is 0 Å². The summed E-state index contributed by atoms with van der Waals surface area (Å²) in [6, 6.07) is 13.5. The van der Waals surface area contributed by atoms with Gasteiger partial charge in [0.25, 0.3) is 0 Å². The molecule has 3 rings (SSSR count). The molecule has 2 aromatic carbocycles. The van der Waals surface area contributed by atoms with Gasteiger partial charge in [0, 0.05) is 27.4 Å². The maximum atomic E-state index is 6.19. The van der Waals surface area contributed by atoms with Crippen LogP contribution in [0.25, 0.3) is 0 Å². The van der Waals surface area contributed by atoms with Crippen molar-refractivity contribution < 1.29 is 0 Å². The molecule has 1 aliphatic carbocycles. The highest BCUT2D eigenvalue weighted by Crippen LogP contribution is 2.35. The minimum atomic E-state index is 0.722. The summed E-state index contributed by atoms with van der Waals surface area (Å²) in [6.07, 6.45) is 2.63. The molecule has 0 radical (unpaired) electrons. The molecule has 0 spiro atoms. The van der Waals surface area contributed by atoms with E-state index in [1.54, 1.807) is 0 Å². The van der Waals surface area contributed by atoms with Crippen molar-refractivity contribution in [3.05, 3.63) is 58.1 Å². The van der Waals surface area contributed by atoms with Crippen molar-refractivity contribution in [2.75, 3.05) is 0 Å². The van der Waals surface area contributed by atoms with Gasteiger partial charge in [-0.05, 0) is 56.0 Å². The molecule has 0 bridgehead atoms. The summed E-state index contributed by atoms with van der Waals surface area (Å²) >= 11 is 8.00. The van der Waals surface area contributed by atoms with Gasteiger partial charge < -0.3 is 5.32 Å². The Labute approximate surface area is 136 Å². The van der Waals surface area contributed by atoms with Crippen LogP contribution in [0.15, 0.2) is 46.2 Å². The number of nitrogens with one attached hydrogen (secondary N) is 1. The highest BCUT2D eigenvalue weighted by Gasteiger charge is 2.20. The molecule has 0 unspecified atom stereocenters. The van der Waals surface area contributed by atoms with Crippen LogP contribution in [-0.4, -0.2) is 6.04 Å². The van der Waals surface area contributed by atoms with Crippen LogP contribution >= 0.6 is 23.4 Å². The van der Waals surface area contributed by atoms with E-state index >= 15 is 0 Å². The Bertz CT molecular complexity index is 650. The second-order valence-electron chi connectivity index (χ2n) is 5.78. The van der Waals surface area contributed by atoms with Crippen LogP contribution < -0.4 is 5.32 Å². The predicted octanol–water partition coefficient (Wildman–Crippen LogP) is 5.36. The van der Waals surface area contributed by atoms with Crippen LogP contribution in [-0.2, 0) is 6.54 Å². The Morgan fingerprint density at radius 1 is 1.10 bits per heavy atom. The van der Waals surface area contributed by atoms with E-state index in [0.29, 0.717) is 0 Å². The topological polar surface area (TPSA) is 12.0 Å². The smallest absolute Gasteiger partial charge is 0.0417 e. The Hall–Kier alpha value is -0.960. The van der Waals surface area contributed by atoms with Crippen LogP contribution in [0.2, 0.25) is 5.02 Å². The van der Waals surface area contributed by atoms with E-state index in [2.05, 4.69) is 49.5 Å². The van der Waals surface area contributed by atoms with Crippen molar-refractivity contribution in [1.29, 1.82) is 0 Å². The summed E-state index contributed by atoms with van der Waals surface area (Å²) in [6.45, 7) is 5.23. The van der Waals surface area contributed by atoms with Gasteiger partial charge in [-0.15, -0.1) is 0 Å². The van der Waals surface area contributed by atoms with E-state index in [4.69, 9.17) is 11.6 Å². The van der Waals surface area contributed by atoms with Crippen LogP contribution in [0.4, 0.5) is 0 Å². The molecule has 0 aliphatic heterocycles. The van der Waals surface area contributed by atoms with E-state index in [1.807, 2.05) is 17.8 Å². The lowest BCUT2D eigenvalue weighted by atomic mass is 10.2. The molecule has 110 valence electrons. The third-order valence-corrected chi connectivity index (χ3v) is 5.25. The van der Waals surface area contributed by atoms with Crippen molar-refractivity contribution in [3.8, 4) is 0 Å². The molecule has 0 amide bonds. The summed E-state index contributed by atoms with van der Waals surface area (Å²) in [4.78, 5) is 2.55. The molecular weight excluding hydrogens is 298 g/mol. The lowest BCUT2D eigenvalue weighted by molar-refractivity contribution is 0.680. The zero-order valence-corrected chi connectivity index (χ0v) is 14.0. The third kappa shape index (κ3) is 4.03. The lowest BCUT2D eigenvalue weighted by Crippen LogP contribution is -2.15. The van der Waals surface area contributed by atoms with Gasteiger partial charge in [-0.25, -0.2) is 0 Å². The molecule has 1 N–H and O–H groups in total. The third-order valence-electron chi connectivity index (χ3n) is 3.74. The van der Waals surface area contributed by atoms with E-state index in [-0.39, 0.29) is 0 Å². The number of rotatable bonds is 5. The van der Waals surface area contributed by atoms with Crippen molar-refractivity contribution in [2.24, 2.45) is 0 Å². The molecule has 1 fully saturated rings. The van der Waals surface area contributed by atoms with Crippen molar-refractivity contribution in [2.45, 2.75) is 49.1 Å². The molecule has 0 saturated heterocycles. The fraction of sp³-hybridized carbons (Fsp3) is 0.333. The van der Waals surface area contributed by atoms with Gasteiger partial charge in [-0.2, -0.15) is 0 Å². The summed E-state index contributed by atoms with van der Waals surface area (Å²) in [7, 11) is 0. The zero-order chi connectivity index (χ0) is 14.8. The standard InChI is InChI=1S/C18H20ClNS/c1-12-3-8-17(13(2)9-12)21-18-10-15(19)5-4-14(18)11-20-16-6-7-16/h3-5,8-10,16,20H,6-7,11H2,1-2H3. The normalized spacial score (nSPS) is 14.4. The monoisotopic (exact) mass is 317 g/mol. The average molecular weight is 318 g/mol. The summed E-state index contributed by atoms with van der Waals surface area (Å²) in [5, 5.41) is 4.39. The number of hydrogen-bond acceptors (Lipinski definition) is 2. The second kappa shape index (κ2) is 6.43. The van der Waals surface area contributed by atoms with Crippen LogP contribution in [0, 0.1) is 13.8 Å². The Morgan fingerprint density at radius 2 is 1.90 bits per heavy atom. The first-order valence-corrected chi connectivity index (χ1v) is 8.58. The molecule has 3 heteroatoms. The SMILES string of the molecule is Cc1ccc(Sc2cc(Cl)ccc2CNC2CC2)c(C)c1. The molecule has 1 aliphatic rings. The summed E-state index contributed by atoms with van der Waals surface area (Å²) in [5.74, 6) is 0. The molecule has 0 atom stereocenters. The van der Waals surface area contributed by atoms with Gasteiger partial charge in [0.15, 0.2) is 0 Å². The van der Waals surface area contributed by atoms with Gasteiger partial charge in [0.05, 0.1) is 0 Å². The first kappa shape index (κ1) is 15.0. The first-order valence-electron chi connectivity index (χ1n) is 7.39. The van der Waals surface area contributed by atoms with Crippen molar-refractivity contribution in [1.82, 2.24) is 5.32 Å². The van der Waals surface area contributed by atoms with E-state index in [1.165, 1.54) is 39.3 Å². The van der Waals surface area contributed by atoms with Crippen LogP contribution in [0.1, 0.15) is 29.5 Å². The van der Waals surface area contributed by atoms with E-state index < -0.39 is 0 Å². The fourth-order valence-electron chi connectivity index (χ4n) is 2.34. The first-order chi connectivity index (χ1) is 10.1. The highest BCUT2D eigenvalue weighted by molar-refractivity contribution is 7.99. The van der Waals surface area contributed by atoms with Crippen molar-refractivity contribution in [3.63, 3.8) is 0 Å². The maximum Gasteiger partial charge on any atom is 0.0417 e. The minimum Gasteiger partial charge on any atom is -0.310 e. The molecule has 21 heavy (non-hydrogen) atoms. The Balaban J connectivity index is 1.83. The molecule has 0 heterocycles. The predicted molar refractivity (Wildman–Crippen MR) is 91.4 cm³/mol. The molecular formula is C18H20ClNS. The van der Waals surface area contributed by atoms with Gasteiger partial charge in [-0.1, -0.05) is 47.1 Å². The van der Waals surface area contributed by atoms with Gasteiger partial charge in [-0.3, -0.25) is 0 Å². The molecule has 1 saturated carbocycles. The van der Waals surface area contributed by atoms with Gasteiger partial charge in [0.1, 0.15) is 0 Å². The average Bonchev–Trinajstić information content (AvgIpc) is 3.25. The number of hydrogen-bond donors (Lipinski definition) is 1. The largest absolute Gasteiger partial charge is 0.310 e. The highest BCUT2D eigenvalue weighted by atomic mass is 35.5. The van der Waals surface area contributed by atoms with Crippen LogP contribution in [0.3, 0.4) is 0 Å². The van der Waals surface area contributed by atoms with Gasteiger partial charge >= 0.3 is 0 Å². The Kier molecular flexibility index (Phi) is 4.58. The van der Waals surface area contributed by atoms with Crippen molar-refractivity contribution >= 4 is 23.4 Å². The number of aryl methyl sites for hydroxylation is 2. The quantitative estimate of drug-likeness (QED) is 0.796. The maximum absolute atomic E-state index is 6.19. The van der Waals surface area contributed by atoms with Crippen LogP contribution in [0.5, 0.6) is 0 Å². The lowest BCUT2D eigenvalue weighted by Gasteiger charge is -2.12.